The molecule has 0 amide bonds. The van der Waals surface area contributed by atoms with Gasteiger partial charge in [0.2, 0.25) is 0 Å². The van der Waals surface area contributed by atoms with Crippen molar-refractivity contribution in [3.8, 4) is 5.75 Å². The Bertz CT molecular complexity index is 627. The second-order valence-electron chi connectivity index (χ2n) is 6.05. The molecule has 0 spiro atoms. The van der Waals surface area contributed by atoms with Crippen LogP contribution in [0.5, 0.6) is 5.75 Å². The minimum absolute atomic E-state index is 0.580. The first-order valence-electron chi connectivity index (χ1n) is 8.52. The molecule has 1 aromatic carbocycles. The Balaban J connectivity index is 1.37. The van der Waals surface area contributed by atoms with Crippen LogP contribution in [0, 0.1) is 0 Å². The van der Waals surface area contributed by atoms with Crippen molar-refractivity contribution in [3.05, 3.63) is 29.8 Å². The first-order valence-corrected chi connectivity index (χ1v) is 9.59. The lowest BCUT2D eigenvalue weighted by molar-refractivity contribution is 0.220. The van der Waals surface area contributed by atoms with Gasteiger partial charge in [-0.25, -0.2) is 4.21 Å². The number of benzene rings is 1. The minimum Gasteiger partial charge on any atom is -0.494 e. The Morgan fingerprint density at radius 3 is 2.92 bits per heavy atom. The molecule has 2 aliphatic heterocycles. The highest BCUT2D eigenvalue weighted by atomic mass is 32.2. The molecular formula is C17H24N4O2S. The van der Waals surface area contributed by atoms with Crippen LogP contribution in [0.2, 0.25) is 0 Å². The van der Waals surface area contributed by atoms with Crippen molar-refractivity contribution in [3.63, 3.8) is 0 Å². The first-order chi connectivity index (χ1) is 11.8. The Hall–Kier alpha value is -1.73. The van der Waals surface area contributed by atoms with Crippen molar-refractivity contribution >= 4 is 23.2 Å². The van der Waals surface area contributed by atoms with E-state index in [9.17, 15) is 4.21 Å². The van der Waals surface area contributed by atoms with Gasteiger partial charge in [-0.15, -0.1) is 4.40 Å². The molecule has 2 aliphatic rings. The molecule has 0 saturated carbocycles. The molecule has 3 rings (SSSR count). The SMILES string of the molecule is O=S1N=CC(NCCCOc2cccc(CN3CCCCC3)c2)=N1. The monoisotopic (exact) mass is 348 g/mol. The number of nitrogens with zero attached hydrogens (tertiary/aromatic N) is 3. The number of nitrogens with one attached hydrogen (secondary N) is 1. The van der Waals surface area contributed by atoms with Gasteiger partial charge in [-0.2, -0.15) is 4.40 Å². The van der Waals surface area contributed by atoms with Crippen LogP contribution in [0.1, 0.15) is 31.2 Å². The molecule has 0 bridgehead atoms. The van der Waals surface area contributed by atoms with Crippen LogP contribution < -0.4 is 10.1 Å². The average molecular weight is 348 g/mol. The van der Waals surface area contributed by atoms with Gasteiger partial charge in [0.1, 0.15) is 5.75 Å². The van der Waals surface area contributed by atoms with Crippen LogP contribution in [0.4, 0.5) is 0 Å². The molecule has 1 saturated heterocycles. The van der Waals surface area contributed by atoms with Gasteiger partial charge in [-0.1, -0.05) is 18.6 Å². The molecule has 0 aromatic heterocycles. The average Bonchev–Trinajstić information content (AvgIpc) is 3.01. The second kappa shape index (κ2) is 8.94. The van der Waals surface area contributed by atoms with E-state index in [4.69, 9.17) is 4.74 Å². The third kappa shape index (κ3) is 5.42. The summed E-state index contributed by atoms with van der Waals surface area (Å²) in [5.74, 6) is 1.50. The Morgan fingerprint density at radius 2 is 2.12 bits per heavy atom. The largest absolute Gasteiger partial charge is 0.494 e. The Labute approximate surface area is 145 Å². The number of hydrogen-bond donors (Lipinski definition) is 1. The number of hydrogen-bond acceptors (Lipinski definition) is 4. The molecule has 0 aliphatic carbocycles. The van der Waals surface area contributed by atoms with Crippen molar-refractivity contribution in [2.45, 2.75) is 32.2 Å². The van der Waals surface area contributed by atoms with Crippen LogP contribution in [0.15, 0.2) is 33.1 Å². The van der Waals surface area contributed by atoms with E-state index in [1.165, 1.54) is 44.1 Å². The highest BCUT2D eigenvalue weighted by Gasteiger charge is 2.10. The topological polar surface area (TPSA) is 66.3 Å². The summed E-state index contributed by atoms with van der Waals surface area (Å²) in [6.45, 7) is 4.77. The van der Waals surface area contributed by atoms with Crippen molar-refractivity contribution in [2.75, 3.05) is 26.2 Å². The molecule has 0 radical (unpaired) electrons. The molecule has 2 heterocycles. The van der Waals surface area contributed by atoms with Gasteiger partial charge >= 0.3 is 0 Å². The van der Waals surface area contributed by atoms with Gasteiger partial charge in [0.15, 0.2) is 5.84 Å². The Morgan fingerprint density at radius 1 is 1.25 bits per heavy atom. The quantitative estimate of drug-likeness (QED) is 0.766. The lowest BCUT2D eigenvalue weighted by Crippen LogP contribution is -2.29. The molecule has 6 nitrogen and oxygen atoms in total. The van der Waals surface area contributed by atoms with Crippen LogP contribution in [0.25, 0.3) is 0 Å². The number of likely N-dealkylation sites (tertiary alicyclic amines) is 1. The summed E-state index contributed by atoms with van der Waals surface area (Å²) >= 11 is -1.44. The fourth-order valence-electron chi connectivity index (χ4n) is 2.89. The van der Waals surface area contributed by atoms with Gasteiger partial charge in [-0.3, -0.25) is 4.90 Å². The molecule has 1 N–H and O–H groups in total. The molecule has 1 unspecified atom stereocenters. The molecule has 130 valence electrons. The third-order valence-electron chi connectivity index (χ3n) is 4.09. The van der Waals surface area contributed by atoms with Gasteiger partial charge in [0.05, 0.1) is 12.8 Å². The van der Waals surface area contributed by atoms with Crippen LogP contribution in [-0.4, -0.2) is 47.4 Å². The maximum atomic E-state index is 11.0. The molecular weight excluding hydrogens is 324 g/mol. The maximum absolute atomic E-state index is 11.0. The zero-order valence-electron chi connectivity index (χ0n) is 13.8. The summed E-state index contributed by atoms with van der Waals surface area (Å²) in [6, 6.07) is 8.37. The van der Waals surface area contributed by atoms with Gasteiger partial charge in [0, 0.05) is 13.1 Å². The van der Waals surface area contributed by atoms with Crippen LogP contribution in [-0.2, 0) is 17.7 Å². The van der Waals surface area contributed by atoms with Crippen molar-refractivity contribution < 1.29 is 8.95 Å². The summed E-state index contributed by atoms with van der Waals surface area (Å²) in [6.07, 6.45) is 6.33. The van der Waals surface area contributed by atoms with Crippen molar-refractivity contribution in [1.29, 1.82) is 0 Å². The number of rotatable bonds is 7. The lowest BCUT2D eigenvalue weighted by Gasteiger charge is -2.26. The highest BCUT2D eigenvalue weighted by molar-refractivity contribution is 7.83. The number of piperidine rings is 1. The van der Waals surface area contributed by atoms with Crippen LogP contribution >= 0.6 is 0 Å². The van der Waals surface area contributed by atoms with Crippen molar-refractivity contribution in [1.82, 2.24) is 10.2 Å². The summed E-state index contributed by atoms with van der Waals surface area (Å²) in [5.41, 5.74) is 1.31. The third-order valence-corrected chi connectivity index (χ3v) is 4.73. The standard InChI is InChI=1S/C17H24N4O2S/c22-24-19-13-17(20-24)18-8-5-11-23-16-7-4-6-15(12-16)14-21-9-2-1-3-10-21/h4,6-7,12-13H,1-3,5,8-11,14H2,(H,18,20). The normalized spacial score (nSPS) is 20.8. The maximum Gasteiger partial charge on any atom is 0.267 e. The van der Waals surface area contributed by atoms with E-state index >= 15 is 0 Å². The summed E-state index contributed by atoms with van der Waals surface area (Å²) in [7, 11) is 0. The van der Waals surface area contributed by atoms with Gasteiger partial charge in [0.25, 0.3) is 11.2 Å². The molecule has 1 aromatic rings. The zero-order valence-corrected chi connectivity index (χ0v) is 14.6. The number of amidine groups is 1. The fraction of sp³-hybridized carbons (Fsp3) is 0.529. The first kappa shape index (κ1) is 17.1. The predicted molar refractivity (Wildman–Crippen MR) is 97.8 cm³/mol. The zero-order chi connectivity index (χ0) is 16.6. The van der Waals surface area contributed by atoms with Gasteiger partial charge < -0.3 is 10.1 Å². The molecule has 1 atom stereocenters. The van der Waals surface area contributed by atoms with E-state index in [2.05, 4.69) is 37.2 Å². The molecule has 1 fully saturated rings. The summed E-state index contributed by atoms with van der Waals surface area (Å²) in [5, 5.41) is 3.08. The summed E-state index contributed by atoms with van der Waals surface area (Å²) < 4.78 is 24.3. The van der Waals surface area contributed by atoms with E-state index in [0.29, 0.717) is 12.4 Å². The molecule has 24 heavy (non-hydrogen) atoms. The second-order valence-corrected chi connectivity index (χ2v) is 6.91. The lowest BCUT2D eigenvalue weighted by atomic mass is 10.1. The number of ether oxygens (including phenoxy) is 1. The minimum atomic E-state index is -1.44. The van der Waals surface area contributed by atoms with E-state index in [-0.39, 0.29) is 0 Å². The van der Waals surface area contributed by atoms with E-state index < -0.39 is 11.2 Å². The van der Waals surface area contributed by atoms with Gasteiger partial charge in [-0.05, 0) is 50.0 Å². The Kier molecular flexibility index (Phi) is 6.37. The predicted octanol–water partition coefficient (Wildman–Crippen LogP) is 2.09. The van der Waals surface area contributed by atoms with E-state index in [1.807, 2.05) is 6.07 Å². The van der Waals surface area contributed by atoms with Crippen LogP contribution in [0.3, 0.4) is 0 Å². The van der Waals surface area contributed by atoms with Crippen molar-refractivity contribution in [2.24, 2.45) is 8.80 Å². The molecule has 7 heteroatoms. The van der Waals surface area contributed by atoms with E-state index in [1.54, 1.807) is 0 Å². The fourth-order valence-corrected chi connectivity index (χ4v) is 3.41. The smallest absolute Gasteiger partial charge is 0.267 e. The summed E-state index contributed by atoms with van der Waals surface area (Å²) in [4.78, 5) is 2.51. The van der Waals surface area contributed by atoms with E-state index in [0.717, 1.165) is 25.3 Å². The highest BCUT2D eigenvalue weighted by Crippen LogP contribution is 2.17.